The first-order valence-corrected chi connectivity index (χ1v) is 12.3. The highest BCUT2D eigenvalue weighted by atomic mass is 31.2. The van der Waals surface area contributed by atoms with Crippen LogP contribution in [0.5, 0.6) is 0 Å². The molecule has 0 bridgehead atoms. The molecule has 9 heteroatoms. The molecule has 1 N–H and O–H groups in total. The summed E-state index contributed by atoms with van der Waals surface area (Å²) in [5.74, 6) is -2.21. The van der Waals surface area contributed by atoms with Gasteiger partial charge in [0.15, 0.2) is 6.61 Å². The van der Waals surface area contributed by atoms with Gasteiger partial charge in [0.2, 0.25) is 13.3 Å². The van der Waals surface area contributed by atoms with Crippen LogP contribution in [0.4, 0.5) is 0 Å². The van der Waals surface area contributed by atoms with Gasteiger partial charge in [0.1, 0.15) is 12.2 Å². The summed E-state index contributed by atoms with van der Waals surface area (Å²) in [6, 6.07) is 8.98. The van der Waals surface area contributed by atoms with Gasteiger partial charge in [-0.15, -0.1) is 0 Å². The molecule has 1 aromatic carbocycles. The monoisotopic (exact) mass is 439 g/mol. The number of benzene rings is 1. The minimum absolute atomic E-state index is 0.149. The van der Waals surface area contributed by atoms with E-state index in [-0.39, 0.29) is 12.8 Å². The van der Waals surface area contributed by atoms with Crippen molar-refractivity contribution in [2.75, 3.05) is 32.1 Å². The van der Waals surface area contributed by atoms with Gasteiger partial charge < -0.3 is 19.3 Å². The van der Waals surface area contributed by atoms with Gasteiger partial charge in [-0.05, 0) is 44.6 Å². The van der Waals surface area contributed by atoms with Crippen molar-refractivity contribution in [3.05, 3.63) is 35.9 Å². The van der Waals surface area contributed by atoms with Crippen molar-refractivity contribution in [1.82, 2.24) is 4.90 Å². The topological polar surface area (TPSA) is 110 Å². The molecule has 0 saturated carbocycles. The molecule has 0 radical (unpaired) electrons. The summed E-state index contributed by atoms with van der Waals surface area (Å²) >= 11 is 0. The standard InChI is InChI=1S/C21H30NO7P/c1-2-28-20(24)15-29-30(27,14-7-6-11-17-9-4-3-5-10-17)16-19(23)22-13-8-12-18(22)21(25)26/h3-5,9-10,18H,2,6-8,11-16H2,1H3,(H,25,26)/t18-,30?/m0/s1. The van der Waals surface area contributed by atoms with Gasteiger partial charge in [0.05, 0.1) is 6.61 Å². The van der Waals surface area contributed by atoms with Gasteiger partial charge in [-0.1, -0.05) is 30.3 Å². The van der Waals surface area contributed by atoms with E-state index in [1.807, 2.05) is 30.3 Å². The molecule has 1 heterocycles. The molecule has 1 aliphatic rings. The third-order valence-corrected chi connectivity index (χ3v) is 7.36. The largest absolute Gasteiger partial charge is 0.480 e. The van der Waals surface area contributed by atoms with E-state index in [4.69, 9.17) is 9.26 Å². The van der Waals surface area contributed by atoms with Crippen LogP contribution < -0.4 is 0 Å². The molecule has 1 fully saturated rings. The number of likely N-dealkylation sites (tertiary alicyclic amines) is 1. The lowest BCUT2D eigenvalue weighted by Gasteiger charge is -2.24. The van der Waals surface area contributed by atoms with Gasteiger partial charge in [0.25, 0.3) is 0 Å². The predicted molar refractivity (Wildman–Crippen MR) is 112 cm³/mol. The number of carboxylic acids is 1. The van der Waals surface area contributed by atoms with E-state index in [1.165, 1.54) is 4.90 Å². The summed E-state index contributed by atoms with van der Waals surface area (Å²) in [5.41, 5.74) is 1.16. The number of hydrogen-bond acceptors (Lipinski definition) is 6. The number of ether oxygens (including phenoxy) is 1. The molecule has 2 atom stereocenters. The summed E-state index contributed by atoms with van der Waals surface area (Å²) < 4.78 is 23.6. The summed E-state index contributed by atoms with van der Waals surface area (Å²) in [7, 11) is -3.47. The normalized spacial score (nSPS) is 18.0. The van der Waals surface area contributed by atoms with Crippen molar-refractivity contribution < 1.29 is 33.3 Å². The van der Waals surface area contributed by atoms with Crippen LogP contribution in [0.15, 0.2) is 30.3 Å². The van der Waals surface area contributed by atoms with Crippen molar-refractivity contribution in [2.45, 2.75) is 45.1 Å². The second-order valence-corrected chi connectivity index (χ2v) is 9.95. The molecule has 1 unspecified atom stereocenters. The molecule has 8 nitrogen and oxygen atoms in total. The number of aryl methyl sites for hydroxylation is 1. The molecule has 166 valence electrons. The van der Waals surface area contributed by atoms with Crippen molar-refractivity contribution in [2.24, 2.45) is 0 Å². The number of hydrogen-bond donors (Lipinski definition) is 1. The van der Waals surface area contributed by atoms with E-state index in [0.29, 0.717) is 25.8 Å². The molecule has 0 spiro atoms. The van der Waals surface area contributed by atoms with Gasteiger partial charge in [0, 0.05) is 12.7 Å². The Kier molecular flexibility index (Phi) is 9.53. The van der Waals surface area contributed by atoms with E-state index in [2.05, 4.69) is 0 Å². The third kappa shape index (κ3) is 7.58. The van der Waals surface area contributed by atoms with Crippen molar-refractivity contribution in [1.29, 1.82) is 0 Å². The summed E-state index contributed by atoms with van der Waals surface area (Å²) in [6.07, 6.45) is 2.84. The maximum Gasteiger partial charge on any atom is 0.332 e. The SMILES string of the molecule is CCOC(=O)COP(=O)(CCCCc1ccccc1)CC(=O)N1CCC[C@H]1C(=O)O. The molecule has 1 saturated heterocycles. The molecule has 2 rings (SSSR count). The lowest BCUT2D eigenvalue weighted by Crippen LogP contribution is -2.42. The molecule has 0 aromatic heterocycles. The van der Waals surface area contributed by atoms with Crippen LogP contribution in [-0.2, 0) is 34.6 Å². The first-order valence-electron chi connectivity index (χ1n) is 10.3. The van der Waals surface area contributed by atoms with Gasteiger partial charge >= 0.3 is 11.9 Å². The van der Waals surface area contributed by atoms with Crippen LogP contribution >= 0.6 is 7.37 Å². The minimum Gasteiger partial charge on any atom is -0.480 e. The van der Waals surface area contributed by atoms with Gasteiger partial charge in [-0.3, -0.25) is 9.36 Å². The highest BCUT2D eigenvalue weighted by molar-refractivity contribution is 7.59. The zero-order valence-electron chi connectivity index (χ0n) is 17.3. The summed E-state index contributed by atoms with van der Waals surface area (Å²) in [6.45, 7) is 1.67. The fourth-order valence-corrected chi connectivity index (χ4v) is 5.53. The number of carboxylic acid groups (broad SMARTS) is 1. The lowest BCUT2D eigenvalue weighted by molar-refractivity contribution is -0.147. The molecule has 30 heavy (non-hydrogen) atoms. The average molecular weight is 439 g/mol. The van der Waals surface area contributed by atoms with E-state index in [0.717, 1.165) is 18.4 Å². The van der Waals surface area contributed by atoms with Crippen LogP contribution in [0.2, 0.25) is 0 Å². The van der Waals surface area contributed by atoms with Crippen molar-refractivity contribution in [3.63, 3.8) is 0 Å². The Balaban J connectivity index is 1.97. The first-order chi connectivity index (χ1) is 14.3. The second kappa shape index (κ2) is 11.9. The Morgan fingerprint density at radius 2 is 1.93 bits per heavy atom. The van der Waals surface area contributed by atoms with E-state index >= 15 is 0 Å². The summed E-state index contributed by atoms with van der Waals surface area (Å²) in [4.78, 5) is 37.0. The van der Waals surface area contributed by atoms with Crippen LogP contribution in [0.1, 0.15) is 38.2 Å². The Morgan fingerprint density at radius 3 is 2.60 bits per heavy atom. The molecule has 1 amide bonds. The second-order valence-electron chi connectivity index (χ2n) is 7.30. The Bertz CT molecular complexity index is 768. The van der Waals surface area contributed by atoms with E-state index in [9.17, 15) is 24.1 Å². The van der Waals surface area contributed by atoms with Crippen molar-refractivity contribution >= 4 is 25.2 Å². The average Bonchev–Trinajstić information content (AvgIpc) is 3.22. The Hall–Kier alpha value is -2.18. The van der Waals surface area contributed by atoms with E-state index in [1.54, 1.807) is 6.92 Å². The van der Waals surface area contributed by atoms with Crippen LogP contribution in [0, 0.1) is 0 Å². The number of amides is 1. The fraction of sp³-hybridized carbons (Fsp3) is 0.571. The summed E-state index contributed by atoms with van der Waals surface area (Å²) in [5, 5.41) is 9.29. The maximum absolute atomic E-state index is 13.4. The fourth-order valence-electron chi connectivity index (χ4n) is 3.51. The number of nitrogens with zero attached hydrogens (tertiary/aromatic N) is 1. The molecule has 0 aliphatic carbocycles. The lowest BCUT2D eigenvalue weighted by atomic mass is 10.1. The van der Waals surface area contributed by atoms with Gasteiger partial charge in [-0.25, -0.2) is 9.59 Å². The molecule has 1 aromatic rings. The highest BCUT2D eigenvalue weighted by Crippen LogP contribution is 2.48. The van der Waals surface area contributed by atoms with Crippen LogP contribution in [0.25, 0.3) is 0 Å². The molecular formula is C21H30NO7P. The first kappa shape index (κ1) is 24.1. The number of carbonyl (C=O) groups is 3. The van der Waals surface area contributed by atoms with Gasteiger partial charge in [-0.2, -0.15) is 0 Å². The number of aliphatic carboxylic acids is 1. The number of carbonyl (C=O) groups excluding carboxylic acids is 2. The minimum atomic E-state index is -3.47. The highest BCUT2D eigenvalue weighted by Gasteiger charge is 2.37. The van der Waals surface area contributed by atoms with Crippen molar-refractivity contribution in [3.8, 4) is 0 Å². The molecular weight excluding hydrogens is 409 g/mol. The van der Waals surface area contributed by atoms with E-state index < -0.39 is 44.0 Å². The number of rotatable bonds is 12. The zero-order chi connectivity index (χ0) is 22.0. The zero-order valence-corrected chi connectivity index (χ0v) is 18.2. The van der Waals surface area contributed by atoms with Crippen LogP contribution in [-0.4, -0.2) is 66.0 Å². The Labute approximate surface area is 177 Å². The third-order valence-electron chi connectivity index (χ3n) is 5.01. The maximum atomic E-state index is 13.4. The van der Waals surface area contributed by atoms with Crippen LogP contribution in [0.3, 0.4) is 0 Å². The number of esters is 1. The number of unbranched alkanes of at least 4 members (excludes halogenated alkanes) is 1. The Morgan fingerprint density at radius 1 is 1.20 bits per heavy atom. The smallest absolute Gasteiger partial charge is 0.332 e. The molecule has 1 aliphatic heterocycles. The predicted octanol–water partition coefficient (Wildman–Crippen LogP) is 2.94. The quantitative estimate of drug-likeness (QED) is 0.303.